The SMILES string of the molecule is O=[N+]([O-])c1c(Br)cc(C(F)F)nc1CO. The highest BCUT2D eigenvalue weighted by Crippen LogP contribution is 2.31. The molecule has 0 bridgehead atoms. The lowest BCUT2D eigenvalue weighted by molar-refractivity contribution is -0.387. The molecule has 0 saturated heterocycles. The van der Waals surface area contributed by atoms with Gasteiger partial charge in [-0.15, -0.1) is 0 Å². The molecule has 0 aliphatic rings. The fourth-order valence-corrected chi connectivity index (χ4v) is 1.60. The first-order valence-electron chi connectivity index (χ1n) is 3.70. The minimum Gasteiger partial charge on any atom is -0.390 e. The zero-order chi connectivity index (χ0) is 11.6. The summed E-state index contributed by atoms with van der Waals surface area (Å²) in [5, 5.41) is 19.3. The average molecular weight is 283 g/mol. The summed E-state index contributed by atoms with van der Waals surface area (Å²) in [5.41, 5.74) is -1.50. The largest absolute Gasteiger partial charge is 0.390 e. The molecule has 1 N–H and O–H groups in total. The summed E-state index contributed by atoms with van der Waals surface area (Å²) >= 11 is 2.78. The van der Waals surface area contributed by atoms with Crippen molar-refractivity contribution < 1.29 is 18.8 Å². The zero-order valence-corrected chi connectivity index (χ0v) is 8.74. The maximum atomic E-state index is 12.3. The molecule has 0 amide bonds. The van der Waals surface area contributed by atoms with Crippen molar-refractivity contribution >= 4 is 21.6 Å². The van der Waals surface area contributed by atoms with E-state index in [4.69, 9.17) is 5.11 Å². The maximum absolute atomic E-state index is 12.3. The molecule has 0 spiro atoms. The summed E-state index contributed by atoms with van der Waals surface area (Å²) in [6.07, 6.45) is -2.84. The van der Waals surface area contributed by atoms with Gasteiger partial charge in [0.1, 0.15) is 11.4 Å². The fraction of sp³-hybridized carbons (Fsp3) is 0.286. The Morgan fingerprint density at radius 1 is 1.67 bits per heavy atom. The van der Waals surface area contributed by atoms with E-state index in [0.717, 1.165) is 6.07 Å². The summed E-state index contributed by atoms with van der Waals surface area (Å²) in [7, 11) is 0. The molecular formula is C7H5BrF2N2O3. The number of pyridine rings is 1. The van der Waals surface area contributed by atoms with Gasteiger partial charge >= 0.3 is 5.69 Å². The second kappa shape index (κ2) is 4.58. The number of aromatic nitrogens is 1. The molecule has 1 heterocycles. The van der Waals surface area contributed by atoms with E-state index in [-0.39, 0.29) is 10.2 Å². The Morgan fingerprint density at radius 2 is 2.27 bits per heavy atom. The van der Waals surface area contributed by atoms with E-state index < -0.39 is 29.3 Å². The molecule has 0 aliphatic carbocycles. The monoisotopic (exact) mass is 282 g/mol. The second-order valence-corrected chi connectivity index (χ2v) is 3.39. The Hall–Kier alpha value is -1.15. The van der Waals surface area contributed by atoms with Gasteiger partial charge < -0.3 is 5.11 Å². The van der Waals surface area contributed by atoms with Crippen LogP contribution in [0.5, 0.6) is 0 Å². The number of aliphatic hydroxyl groups excluding tert-OH is 1. The number of nitro groups is 1. The number of alkyl halides is 2. The lowest BCUT2D eigenvalue weighted by Gasteiger charge is -2.04. The Bertz CT molecular complexity index is 400. The van der Waals surface area contributed by atoms with Crippen molar-refractivity contribution in [3.05, 3.63) is 32.0 Å². The topological polar surface area (TPSA) is 76.3 Å². The summed E-state index contributed by atoms with van der Waals surface area (Å²) in [6.45, 7) is -0.768. The number of aliphatic hydroxyl groups is 1. The van der Waals surface area contributed by atoms with E-state index in [1.165, 1.54) is 0 Å². The molecule has 0 aliphatic heterocycles. The van der Waals surface area contributed by atoms with Gasteiger partial charge in [0, 0.05) is 0 Å². The molecule has 0 saturated carbocycles. The van der Waals surface area contributed by atoms with Gasteiger partial charge in [0.05, 0.1) is 16.0 Å². The number of hydrogen-bond donors (Lipinski definition) is 1. The van der Waals surface area contributed by atoms with Crippen LogP contribution in [0.15, 0.2) is 10.5 Å². The van der Waals surface area contributed by atoms with Crippen molar-refractivity contribution in [2.24, 2.45) is 0 Å². The Morgan fingerprint density at radius 3 is 2.67 bits per heavy atom. The van der Waals surface area contributed by atoms with Gasteiger partial charge in [0.25, 0.3) is 6.43 Å². The van der Waals surface area contributed by atoms with Gasteiger partial charge in [-0.3, -0.25) is 10.1 Å². The number of halogens is 3. The molecule has 5 nitrogen and oxygen atoms in total. The zero-order valence-electron chi connectivity index (χ0n) is 7.15. The quantitative estimate of drug-likeness (QED) is 0.681. The van der Waals surface area contributed by atoms with Gasteiger partial charge in [0.2, 0.25) is 0 Å². The minimum absolute atomic E-state index is 0.123. The summed E-state index contributed by atoms with van der Waals surface area (Å²) in [4.78, 5) is 13.0. The molecule has 0 atom stereocenters. The van der Waals surface area contributed by atoms with Crippen molar-refractivity contribution in [1.29, 1.82) is 0 Å². The van der Waals surface area contributed by atoms with Crippen LogP contribution in [0, 0.1) is 10.1 Å². The first kappa shape index (κ1) is 11.9. The predicted molar refractivity (Wildman–Crippen MR) is 49.5 cm³/mol. The first-order chi connectivity index (χ1) is 6.97. The van der Waals surface area contributed by atoms with Crippen LogP contribution in [0.25, 0.3) is 0 Å². The highest BCUT2D eigenvalue weighted by Gasteiger charge is 2.23. The molecule has 0 radical (unpaired) electrons. The minimum atomic E-state index is -2.84. The Kier molecular flexibility index (Phi) is 3.64. The van der Waals surface area contributed by atoms with Crippen LogP contribution in [0.4, 0.5) is 14.5 Å². The fourth-order valence-electron chi connectivity index (χ4n) is 0.992. The van der Waals surface area contributed by atoms with Crippen LogP contribution in [-0.4, -0.2) is 15.0 Å². The normalized spacial score (nSPS) is 10.7. The molecule has 15 heavy (non-hydrogen) atoms. The Labute approximate surface area is 91.0 Å². The number of nitrogens with zero attached hydrogens (tertiary/aromatic N) is 2. The van der Waals surface area contributed by atoms with Crippen LogP contribution in [0.2, 0.25) is 0 Å². The van der Waals surface area contributed by atoms with Crippen molar-refractivity contribution in [2.45, 2.75) is 13.0 Å². The van der Waals surface area contributed by atoms with E-state index in [0.29, 0.717) is 0 Å². The van der Waals surface area contributed by atoms with Crippen molar-refractivity contribution in [3.63, 3.8) is 0 Å². The van der Waals surface area contributed by atoms with Gasteiger partial charge in [-0.2, -0.15) is 0 Å². The van der Waals surface area contributed by atoms with Crippen molar-refractivity contribution in [2.75, 3.05) is 0 Å². The summed E-state index contributed by atoms with van der Waals surface area (Å²) in [6, 6.07) is 0.863. The third kappa shape index (κ3) is 2.45. The number of rotatable bonds is 3. The summed E-state index contributed by atoms with van der Waals surface area (Å²) < 4.78 is 24.4. The second-order valence-electron chi connectivity index (χ2n) is 2.54. The molecule has 1 rings (SSSR count). The van der Waals surface area contributed by atoms with Gasteiger partial charge in [-0.25, -0.2) is 13.8 Å². The average Bonchev–Trinajstić information content (AvgIpc) is 2.15. The van der Waals surface area contributed by atoms with Gasteiger partial charge in [-0.05, 0) is 22.0 Å². The molecule has 82 valence electrons. The maximum Gasteiger partial charge on any atom is 0.307 e. The molecule has 1 aromatic heterocycles. The summed E-state index contributed by atoms with van der Waals surface area (Å²) in [5.74, 6) is 0. The Balaban J connectivity index is 3.37. The van der Waals surface area contributed by atoms with Crippen LogP contribution >= 0.6 is 15.9 Å². The predicted octanol–water partition coefficient (Wildman–Crippen LogP) is 2.18. The highest BCUT2D eigenvalue weighted by molar-refractivity contribution is 9.10. The molecule has 1 aromatic rings. The highest BCUT2D eigenvalue weighted by atomic mass is 79.9. The molecule has 8 heteroatoms. The van der Waals surface area contributed by atoms with Crippen LogP contribution in [0.3, 0.4) is 0 Å². The van der Waals surface area contributed by atoms with Crippen LogP contribution < -0.4 is 0 Å². The van der Waals surface area contributed by atoms with Crippen molar-refractivity contribution in [3.8, 4) is 0 Å². The van der Waals surface area contributed by atoms with E-state index in [1.807, 2.05) is 0 Å². The lowest BCUT2D eigenvalue weighted by atomic mass is 10.2. The van der Waals surface area contributed by atoms with E-state index in [9.17, 15) is 18.9 Å². The molecule has 0 fully saturated rings. The van der Waals surface area contributed by atoms with Crippen molar-refractivity contribution in [1.82, 2.24) is 4.98 Å². The third-order valence-corrected chi connectivity index (χ3v) is 2.20. The lowest BCUT2D eigenvalue weighted by Crippen LogP contribution is -2.03. The molecule has 0 aromatic carbocycles. The van der Waals surface area contributed by atoms with Crippen LogP contribution in [0.1, 0.15) is 17.8 Å². The molecular weight excluding hydrogens is 278 g/mol. The number of hydrogen-bond acceptors (Lipinski definition) is 4. The molecule has 0 unspecified atom stereocenters. The van der Waals surface area contributed by atoms with Gasteiger partial charge in [-0.1, -0.05) is 0 Å². The standard InChI is InChI=1S/C7H5BrF2N2O3/c8-3-1-4(7(9)10)11-5(2-13)6(3)12(14)15/h1,7,13H,2H2. The van der Waals surface area contributed by atoms with E-state index in [1.54, 1.807) is 0 Å². The third-order valence-electron chi connectivity index (χ3n) is 1.59. The van der Waals surface area contributed by atoms with E-state index >= 15 is 0 Å². The van der Waals surface area contributed by atoms with E-state index in [2.05, 4.69) is 20.9 Å². The van der Waals surface area contributed by atoms with Crippen LogP contribution in [-0.2, 0) is 6.61 Å². The smallest absolute Gasteiger partial charge is 0.307 e. The first-order valence-corrected chi connectivity index (χ1v) is 4.49. The van der Waals surface area contributed by atoms with Gasteiger partial charge in [0.15, 0.2) is 0 Å².